The summed E-state index contributed by atoms with van der Waals surface area (Å²) in [5.41, 5.74) is 2.56. The largest absolute Gasteiger partial charge is 0.361 e. The Morgan fingerprint density at radius 1 is 1.13 bits per heavy atom. The molecule has 1 fully saturated rings. The molecular weight excluding hydrogens is 436 g/mol. The molecule has 2 aromatic heterocycles. The lowest BCUT2D eigenvalue weighted by molar-refractivity contribution is 0.266. The summed E-state index contributed by atoms with van der Waals surface area (Å²) in [4.78, 5) is 9.06. The molecule has 1 N–H and O–H groups in total. The lowest BCUT2D eigenvalue weighted by Gasteiger charge is -2.24. The molecule has 1 aliphatic rings. The van der Waals surface area contributed by atoms with Gasteiger partial charge in [-0.05, 0) is 44.1 Å². The van der Waals surface area contributed by atoms with E-state index in [-0.39, 0.29) is 0 Å². The number of thiocarbonyl (C=S) groups is 1. The van der Waals surface area contributed by atoms with Gasteiger partial charge in [0.2, 0.25) is 0 Å². The van der Waals surface area contributed by atoms with Gasteiger partial charge in [0.05, 0.1) is 12.2 Å². The van der Waals surface area contributed by atoms with E-state index < -0.39 is 0 Å². The number of halogens is 1. The number of aromatic nitrogens is 3. The van der Waals surface area contributed by atoms with Crippen molar-refractivity contribution < 1.29 is 9.05 Å². The van der Waals surface area contributed by atoms with Crippen molar-refractivity contribution in [3.8, 4) is 11.5 Å². The molecule has 4 rings (SSSR count). The van der Waals surface area contributed by atoms with Crippen LogP contribution in [0.25, 0.3) is 11.5 Å². The van der Waals surface area contributed by atoms with Crippen LogP contribution in [0.15, 0.2) is 33.3 Å². The van der Waals surface area contributed by atoms with E-state index >= 15 is 0 Å². The second-order valence-corrected chi connectivity index (χ2v) is 8.38. The molecule has 0 aliphatic carbocycles. The molecule has 3 aromatic rings. The van der Waals surface area contributed by atoms with Crippen molar-refractivity contribution in [2.24, 2.45) is 0 Å². The van der Waals surface area contributed by atoms with Gasteiger partial charge in [-0.1, -0.05) is 40.1 Å². The second kappa shape index (κ2) is 9.76. The molecular formula is C21H25ClN6O2S. The van der Waals surface area contributed by atoms with E-state index in [4.69, 9.17) is 32.9 Å². The molecule has 164 valence electrons. The molecule has 31 heavy (non-hydrogen) atoms. The van der Waals surface area contributed by atoms with E-state index in [2.05, 4.69) is 30.4 Å². The quantitative estimate of drug-likeness (QED) is 0.574. The van der Waals surface area contributed by atoms with Crippen LogP contribution in [0.2, 0.25) is 5.02 Å². The first-order chi connectivity index (χ1) is 15.0. The van der Waals surface area contributed by atoms with Gasteiger partial charge in [-0.25, -0.2) is 0 Å². The first-order valence-corrected chi connectivity index (χ1v) is 11.0. The summed E-state index contributed by atoms with van der Waals surface area (Å²) >= 11 is 11.9. The number of hydrogen-bond acceptors (Lipinski definition) is 7. The summed E-state index contributed by atoms with van der Waals surface area (Å²) in [5, 5.41) is 12.9. The lowest BCUT2D eigenvalue weighted by atomic mass is 10.2. The Balaban J connectivity index is 1.30. The first kappa shape index (κ1) is 21.7. The van der Waals surface area contributed by atoms with Crippen LogP contribution in [-0.4, -0.2) is 56.4 Å². The number of rotatable bonds is 5. The summed E-state index contributed by atoms with van der Waals surface area (Å²) in [5.74, 6) is 1.78. The van der Waals surface area contributed by atoms with Crippen molar-refractivity contribution >= 4 is 28.9 Å². The standard InChI is InChI=1S/C21H25ClN6O2S/c1-14-19(15(2)29-25-14)20-24-18(26-30-20)13-27-8-5-9-28(11-10-27)21(31)23-12-16-6-3-4-7-17(16)22/h3-4,6-7H,5,8-13H2,1-2H3,(H,23,31). The maximum absolute atomic E-state index is 6.24. The molecule has 0 saturated carbocycles. The monoisotopic (exact) mass is 460 g/mol. The average Bonchev–Trinajstić information content (AvgIpc) is 3.25. The second-order valence-electron chi connectivity index (χ2n) is 7.58. The van der Waals surface area contributed by atoms with Gasteiger partial charge in [-0.15, -0.1) is 0 Å². The van der Waals surface area contributed by atoms with Crippen molar-refractivity contribution in [3.63, 3.8) is 0 Å². The Labute approximate surface area is 191 Å². The van der Waals surface area contributed by atoms with Gasteiger partial charge in [-0.2, -0.15) is 4.98 Å². The van der Waals surface area contributed by atoms with Crippen LogP contribution < -0.4 is 5.32 Å². The Bertz CT molecular complexity index is 1030. The van der Waals surface area contributed by atoms with Crippen LogP contribution in [0.4, 0.5) is 0 Å². The number of aryl methyl sites for hydroxylation is 2. The Hall–Kier alpha value is -2.49. The minimum absolute atomic E-state index is 0.452. The van der Waals surface area contributed by atoms with E-state index in [1.54, 1.807) is 0 Å². The molecule has 1 saturated heterocycles. The Morgan fingerprint density at radius 3 is 2.74 bits per heavy atom. The van der Waals surface area contributed by atoms with Gasteiger partial charge in [0.1, 0.15) is 11.3 Å². The van der Waals surface area contributed by atoms with E-state index in [1.165, 1.54) is 0 Å². The molecule has 3 heterocycles. The first-order valence-electron chi connectivity index (χ1n) is 10.3. The van der Waals surface area contributed by atoms with Crippen LogP contribution in [0.5, 0.6) is 0 Å². The predicted molar refractivity (Wildman–Crippen MR) is 122 cm³/mol. The van der Waals surface area contributed by atoms with Crippen LogP contribution in [-0.2, 0) is 13.1 Å². The van der Waals surface area contributed by atoms with E-state index in [0.29, 0.717) is 30.6 Å². The fourth-order valence-electron chi connectivity index (χ4n) is 3.66. The zero-order chi connectivity index (χ0) is 21.8. The van der Waals surface area contributed by atoms with Gasteiger partial charge >= 0.3 is 0 Å². The van der Waals surface area contributed by atoms with Gasteiger partial charge in [0.25, 0.3) is 5.89 Å². The third kappa shape index (κ3) is 5.23. The summed E-state index contributed by atoms with van der Waals surface area (Å²) in [7, 11) is 0. The highest BCUT2D eigenvalue weighted by atomic mass is 35.5. The number of hydrogen-bond donors (Lipinski definition) is 1. The summed E-state index contributed by atoms with van der Waals surface area (Å²) in [6.07, 6.45) is 1.00. The van der Waals surface area contributed by atoms with Gasteiger partial charge < -0.3 is 19.3 Å². The minimum Gasteiger partial charge on any atom is -0.361 e. The summed E-state index contributed by atoms with van der Waals surface area (Å²) in [6, 6.07) is 7.80. The van der Waals surface area contributed by atoms with Crippen molar-refractivity contribution in [1.82, 2.24) is 30.4 Å². The maximum atomic E-state index is 6.24. The smallest absolute Gasteiger partial charge is 0.263 e. The van der Waals surface area contributed by atoms with Crippen molar-refractivity contribution in [3.05, 3.63) is 52.1 Å². The van der Waals surface area contributed by atoms with Gasteiger partial charge in [-0.3, -0.25) is 4.90 Å². The van der Waals surface area contributed by atoms with Crippen LogP contribution in [0.1, 0.15) is 29.3 Å². The van der Waals surface area contributed by atoms with E-state index in [9.17, 15) is 0 Å². The minimum atomic E-state index is 0.452. The molecule has 0 bridgehead atoms. The molecule has 8 nitrogen and oxygen atoms in total. The highest BCUT2D eigenvalue weighted by Gasteiger charge is 2.21. The van der Waals surface area contributed by atoms with Gasteiger partial charge in [0.15, 0.2) is 10.9 Å². The number of nitrogens with zero attached hydrogens (tertiary/aromatic N) is 5. The SMILES string of the molecule is Cc1noc(C)c1-c1nc(CN2CCCN(C(=S)NCc3ccccc3Cl)CC2)no1. The molecule has 0 amide bonds. The van der Waals surface area contributed by atoms with Crippen LogP contribution in [0.3, 0.4) is 0 Å². The summed E-state index contributed by atoms with van der Waals surface area (Å²) in [6.45, 7) is 8.49. The average molecular weight is 461 g/mol. The molecule has 0 radical (unpaired) electrons. The molecule has 0 spiro atoms. The van der Waals surface area contributed by atoms with Crippen LogP contribution in [0, 0.1) is 13.8 Å². The van der Waals surface area contributed by atoms with E-state index in [0.717, 1.165) is 59.6 Å². The van der Waals surface area contributed by atoms with Crippen molar-refractivity contribution in [2.45, 2.75) is 33.4 Å². The third-order valence-electron chi connectivity index (χ3n) is 5.34. The third-order valence-corrected chi connectivity index (χ3v) is 6.12. The highest BCUT2D eigenvalue weighted by molar-refractivity contribution is 7.80. The predicted octanol–water partition coefficient (Wildman–Crippen LogP) is 3.58. The molecule has 1 aromatic carbocycles. The number of benzene rings is 1. The Kier molecular flexibility index (Phi) is 6.84. The fraction of sp³-hybridized carbons (Fsp3) is 0.429. The molecule has 1 aliphatic heterocycles. The Morgan fingerprint density at radius 2 is 1.97 bits per heavy atom. The zero-order valence-electron chi connectivity index (χ0n) is 17.6. The highest BCUT2D eigenvalue weighted by Crippen LogP contribution is 2.25. The maximum Gasteiger partial charge on any atom is 0.263 e. The summed E-state index contributed by atoms with van der Waals surface area (Å²) < 4.78 is 10.6. The van der Waals surface area contributed by atoms with E-state index in [1.807, 2.05) is 38.1 Å². The fourth-order valence-corrected chi connectivity index (χ4v) is 4.12. The molecule has 10 heteroatoms. The lowest BCUT2D eigenvalue weighted by Crippen LogP contribution is -2.41. The van der Waals surface area contributed by atoms with Crippen LogP contribution >= 0.6 is 23.8 Å². The molecule has 0 unspecified atom stereocenters. The molecule has 0 atom stereocenters. The zero-order valence-corrected chi connectivity index (χ0v) is 19.2. The van der Waals surface area contributed by atoms with Gasteiger partial charge in [0, 0.05) is 37.7 Å². The van der Waals surface area contributed by atoms with Crippen molar-refractivity contribution in [1.29, 1.82) is 0 Å². The normalized spacial score (nSPS) is 15.1. The topological polar surface area (TPSA) is 83.5 Å². The number of nitrogens with one attached hydrogen (secondary N) is 1. The van der Waals surface area contributed by atoms with Crippen molar-refractivity contribution in [2.75, 3.05) is 26.2 Å².